The lowest BCUT2D eigenvalue weighted by molar-refractivity contribution is 0.0944. The normalized spacial score (nSPS) is 23.6. The molecule has 0 radical (unpaired) electrons. The molecule has 1 aliphatic rings. The highest BCUT2D eigenvalue weighted by Gasteiger charge is 2.29. The minimum atomic E-state index is -0.214. The summed E-state index contributed by atoms with van der Waals surface area (Å²) in [6.45, 7) is 2.83. The second kappa shape index (κ2) is 5.23. The Morgan fingerprint density at radius 1 is 1.65 bits per heavy atom. The minimum Gasteiger partial charge on any atom is -0.349 e. The van der Waals surface area contributed by atoms with Crippen LogP contribution in [-0.4, -0.2) is 32.9 Å². The summed E-state index contributed by atoms with van der Waals surface area (Å²) >= 11 is 7.59. The van der Waals surface area contributed by atoms with E-state index in [-0.39, 0.29) is 21.5 Å². The van der Waals surface area contributed by atoms with Gasteiger partial charge in [-0.15, -0.1) is 0 Å². The Hall–Kier alpha value is -0.810. The second-order valence-electron chi connectivity index (χ2n) is 4.31. The molecule has 1 aliphatic heterocycles. The van der Waals surface area contributed by atoms with E-state index in [4.69, 9.17) is 11.6 Å². The fourth-order valence-electron chi connectivity index (χ4n) is 1.79. The van der Waals surface area contributed by atoms with Gasteiger partial charge in [-0.25, -0.2) is 4.98 Å². The van der Waals surface area contributed by atoms with Crippen molar-refractivity contribution in [3.63, 3.8) is 0 Å². The Bertz CT molecular complexity index is 421. The molecule has 1 atom stereocenters. The van der Waals surface area contributed by atoms with Gasteiger partial charge in [-0.3, -0.25) is 9.78 Å². The molecular weight excluding hydrogens is 258 g/mol. The first-order valence-electron chi connectivity index (χ1n) is 5.49. The van der Waals surface area contributed by atoms with Crippen LogP contribution in [0.5, 0.6) is 0 Å². The molecule has 0 bridgehead atoms. The molecule has 0 saturated carbocycles. The van der Waals surface area contributed by atoms with Crippen LogP contribution in [0.2, 0.25) is 5.15 Å². The van der Waals surface area contributed by atoms with E-state index in [9.17, 15) is 4.79 Å². The largest absolute Gasteiger partial charge is 0.349 e. The maximum absolute atomic E-state index is 11.8. The van der Waals surface area contributed by atoms with Crippen molar-refractivity contribution in [2.24, 2.45) is 0 Å². The molecule has 17 heavy (non-hydrogen) atoms. The van der Waals surface area contributed by atoms with Crippen LogP contribution in [0, 0.1) is 0 Å². The van der Waals surface area contributed by atoms with Crippen LogP contribution in [-0.2, 0) is 0 Å². The maximum atomic E-state index is 11.8. The molecule has 4 nitrogen and oxygen atoms in total. The smallest absolute Gasteiger partial charge is 0.271 e. The molecule has 1 N–H and O–H groups in total. The predicted octanol–water partition coefficient (Wildman–Crippen LogP) is 2.15. The number of carbonyl (C=O) groups excluding carboxylic acids is 1. The molecule has 0 aromatic carbocycles. The van der Waals surface area contributed by atoms with Crippen molar-refractivity contribution in [1.29, 1.82) is 0 Å². The molecule has 1 unspecified atom stereocenters. The van der Waals surface area contributed by atoms with Crippen molar-refractivity contribution in [3.8, 4) is 0 Å². The number of amides is 1. The number of carbonyl (C=O) groups is 1. The number of nitrogens with one attached hydrogen (secondary N) is 1. The molecule has 1 aromatic heterocycles. The quantitative estimate of drug-likeness (QED) is 0.915. The molecule has 0 spiro atoms. The average Bonchev–Trinajstić information content (AvgIpc) is 2.74. The average molecular weight is 272 g/mol. The van der Waals surface area contributed by atoms with Crippen LogP contribution < -0.4 is 5.32 Å². The van der Waals surface area contributed by atoms with E-state index in [0.29, 0.717) is 6.54 Å². The van der Waals surface area contributed by atoms with E-state index in [0.717, 1.165) is 6.42 Å². The number of rotatable bonds is 3. The third-order valence-electron chi connectivity index (χ3n) is 2.76. The van der Waals surface area contributed by atoms with Crippen molar-refractivity contribution in [2.45, 2.75) is 24.5 Å². The Balaban J connectivity index is 1.93. The van der Waals surface area contributed by atoms with Gasteiger partial charge in [0.1, 0.15) is 10.8 Å². The molecular formula is C11H14ClN3OS. The Kier molecular flexibility index (Phi) is 3.89. The van der Waals surface area contributed by atoms with Crippen molar-refractivity contribution in [1.82, 2.24) is 15.3 Å². The number of thioether (sulfide) groups is 1. The van der Waals surface area contributed by atoms with Gasteiger partial charge in [0.15, 0.2) is 0 Å². The lowest BCUT2D eigenvalue weighted by Gasteiger charge is -2.22. The van der Waals surface area contributed by atoms with Crippen LogP contribution in [0.3, 0.4) is 0 Å². The van der Waals surface area contributed by atoms with E-state index in [1.165, 1.54) is 24.6 Å². The van der Waals surface area contributed by atoms with Crippen molar-refractivity contribution in [3.05, 3.63) is 23.2 Å². The molecule has 92 valence electrons. The summed E-state index contributed by atoms with van der Waals surface area (Å²) in [4.78, 5) is 19.6. The van der Waals surface area contributed by atoms with Gasteiger partial charge in [0.2, 0.25) is 0 Å². The van der Waals surface area contributed by atoms with Gasteiger partial charge in [-0.05, 0) is 25.5 Å². The summed E-state index contributed by atoms with van der Waals surface area (Å²) in [6, 6.07) is 0. The molecule has 1 fully saturated rings. The summed E-state index contributed by atoms with van der Waals surface area (Å²) in [5, 5.41) is 3.12. The van der Waals surface area contributed by atoms with Gasteiger partial charge < -0.3 is 5.32 Å². The van der Waals surface area contributed by atoms with Crippen molar-refractivity contribution < 1.29 is 4.79 Å². The first kappa shape index (κ1) is 12.6. The number of aromatic nitrogens is 2. The Morgan fingerprint density at radius 3 is 3.12 bits per heavy atom. The van der Waals surface area contributed by atoms with Crippen LogP contribution in [0.15, 0.2) is 12.4 Å². The van der Waals surface area contributed by atoms with Gasteiger partial charge in [0.25, 0.3) is 5.91 Å². The van der Waals surface area contributed by atoms with Gasteiger partial charge in [-0.2, -0.15) is 11.8 Å². The molecule has 1 aromatic rings. The fraction of sp³-hybridized carbons (Fsp3) is 0.545. The van der Waals surface area contributed by atoms with Crippen LogP contribution in [0.25, 0.3) is 0 Å². The van der Waals surface area contributed by atoms with Gasteiger partial charge in [-0.1, -0.05) is 11.6 Å². The monoisotopic (exact) mass is 271 g/mol. The lowest BCUT2D eigenvalue weighted by Crippen LogP contribution is -2.37. The fourth-order valence-corrected chi connectivity index (χ4v) is 3.18. The number of halogens is 1. The van der Waals surface area contributed by atoms with Crippen LogP contribution in [0.4, 0.5) is 0 Å². The summed E-state index contributed by atoms with van der Waals surface area (Å²) in [6.07, 6.45) is 5.19. The number of nitrogens with zero attached hydrogens (tertiary/aromatic N) is 2. The molecule has 2 rings (SSSR count). The third kappa shape index (κ3) is 3.33. The topological polar surface area (TPSA) is 54.9 Å². The molecule has 1 saturated heterocycles. The Labute approximate surface area is 110 Å². The van der Waals surface area contributed by atoms with Crippen molar-refractivity contribution >= 4 is 29.3 Å². The zero-order valence-corrected chi connectivity index (χ0v) is 11.1. The van der Waals surface area contributed by atoms with E-state index < -0.39 is 0 Å². The maximum Gasteiger partial charge on any atom is 0.271 e. The zero-order valence-electron chi connectivity index (χ0n) is 9.57. The number of hydrogen-bond donors (Lipinski definition) is 1. The Morgan fingerprint density at radius 2 is 2.47 bits per heavy atom. The van der Waals surface area contributed by atoms with Gasteiger partial charge in [0, 0.05) is 11.3 Å². The van der Waals surface area contributed by atoms with E-state index in [1.807, 2.05) is 11.8 Å². The number of hydrogen-bond acceptors (Lipinski definition) is 4. The first-order chi connectivity index (χ1) is 8.09. The molecule has 6 heteroatoms. The van der Waals surface area contributed by atoms with Gasteiger partial charge >= 0.3 is 0 Å². The third-order valence-corrected chi connectivity index (χ3v) is 4.48. The SMILES string of the molecule is CC1(CNC(=O)c2cncc(Cl)n2)CCCS1. The summed E-state index contributed by atoms with van der Waals surface area (Å²) in [7, 11) is 0. The summed E-state index contributed by atoms with van der Waals surface area (Å²) in [5.41, 5.74) is 0.268. The molecule has 0 aliphatic carbocycles. The second-order valence-corrected chi connectivity index (χ2v) is 6.38. The lowest BCUT2D eigenvalue weighted by atomic mass is 10.1. The molecule has 2 heterocycles. The minimum absolute atomic E-state index is 0.154. The predicted molar refractivity (Wildman–Crippen MR) is 69.5 cm³/mol. The summed E-state index contributed by atoms with van der Waals surface area (Å²) < 4.78 is 0.154. The highest BCUT2D eigenvalue weighted by atomic mass is 35.5. The molecule has 1 amide bonds. The van der Waals surface area contributed by atoms with Gasteiger partial charge in [0.05, 0.1) is 12.4 Å². The zero-order chi connectivity index (χ0) is 12.3. The highest BCUT2D eigenvalue weighted by molar-refractivity contribution is 8.00. The highest BCUT2D eigenvalue weighted by Crippen LogP contribution is 2.36. The van der Waals surface area contributed by atoms with E-state index >= 15 is 0 Å². The summed E-state index contributed by atoms with van der Waals surface area (Å²) in [5.74, 6) is 0.956. The standard InChI is InChI=1S/C11H14ClN3OS/c1-11(3-2-4-17-11)7-14-10(16)8-5-13-6-9(12)15-8/h5-6H,2-4,7H2,1H3,(H,14,16). The van der Waals surface area contributed by atoms with Crippen molar-refractivity contribution in [2.75, 3.05) is 12.3 Å². The van der Waals surface area contributed by atoms with Crippen LogP contribution in [0.1, 0.15) is 30.3 Å². The van der Waals surface area contributed by atoms with E-state index in [2.05, 4.69) is 22.2 Å². The first-order valence-corrected chi connectivity index (χ1v) is 6.85. The van der Waals surface area contributed by atoms with E-state index in [1.54, 1.807) is 0 Å². The van der Waals surface area contributed by atoms with Crippen LogP contribution >= 0.6 is 23.4 Å².